The van der Waals surface area contributed by atoms with Crippen LogP contribution in [0.5, 0.6) is 5.75 Å². The minimum Gasteiger partial charge on any atom is -0.488 e. The first kappa shape index (κ1) is 23.1. The summed E-state index contributed by atoms with van der Waals surface area (Å²) in [7, 11) is 0. The van der Waals surface area contributed by atoms with Gasteiger partial charge in [0.1, 0.15) is 29.0 Å². The molecular weight excluding hydrogens is 460 g/mol. The number of hydrogen-bond acceptors (Lipinski definition) is 6. The van der Waals surface area contributed by atoms with Crippen molar-refractivity contribution in [2.24, 2.45) is 0 Å². The van der Waals surface area contributed by atoms with Gasteiger partial charge in [0.15, 0.2) is 0 Å². The van der Waals surface area contributed by atoms with Crippen LogP contribution in [0.2, 0.25) is 5.02 Å². The van der Waals surface area contributed by atoms with Crippen molar-refractivity contribution in [3.05, 3.63) is 64.3 Å². The maximum atomic E-state index is 13.2. The predicted molar refractivity (Wildman–Crippen MR) is 126 cm³/mol. The molecule has 170 valence electrons. The highest BCUT2D eigenvalue weighted by atomic mass is 35.5. The second-order valence-electron chi connectivity index (χ2n) is 8.08. The third kappa shape index (κ3) is 5.67. The molecule has 1 aromatic heterocycles. The largest absolute Gasteiger partial charge is 0.488 e. The number of ether oxygens (including phenoxy) is 1. The third-order valence-electron chi connectivity index (χ3n) is 5.45. The Hall–Kier alpha value is -3.02. The number of thioether (sulfide) groups is 1. The van der Waals surface area contributed by atoms with Gasteiger partial charge in [-0.25, -0.2) is 4.98 Å². The van der Waals surface area contributed by atoms with Gasteiger partial charge < -0.3 is 15.4 Å². The van der Waals surface area contributed by atoms with Crippen LogP contribution < -0.4 is 15.4 Å². The summed E-state index contributed by atoms with van der Waals surface area (Å²) in [6, 6.07) is 10.0. The fourth-order valence-corrected chi connectivity index (χ4v) is 4.57. The maximum absolute atomic E-state index is 13.2. The summed E-state index contributed by atoms with van der Waals surface area (Å²) < 4.78 is 5.73. The molecule has 3 heterocycles. The second kappa shape index (κ2) is 9.86. The zero-order valence-electron chi connectivity index (χ0n) is 18.1. The Balaban J connectivity index is 1.67. The van der Waals surface area contributed by atoms with Gasteiger partial charge in [0, 0.05) is 17.9 Å². The number of fused-ring (bicyclic) bond motifs is 9. The Kier molecular flexibility index (Phi) is 6.91. The van der Waals surface area contributed by atoms with Gasteiger partial charge >= 0.3 is 0 Å². The normalized spacial score (nSPS) is 20.5. The molecule has 2 amide bonds. The summed E-state index contributed by atoms with van der Waals surface area (Å²) in [6.45, 7) is 2.22. The zero-order chi connectivity index (χ0) is 23.4. The number of aryl methyl sites for hydroxylation is 1. The number of nitrogens with zero attached hydrogens (tertiary/aromatic N) is 2. The van der Waals surface area contributed by atoms with Gasteiger partial charge in [-0.05, 0) is 49.6 Å². The Morgan fingerprint density at radius 3 is 2.88 bits per heavy atom. The predicted octanol–water partition coefficient (Wildman–Crippen LogP) is 3.60. The summed E-state index contributed by atoms with van der Waals surface area (Å²) in [4.78, 5) is 30.8. The number of nitrogens with one attached hydrogen (secondary N) is 2. The lowest BCUT2D eigenvalue weighted by atomic mass is 10.0. The number of nitriles is 1. The maximum Gasteiger partial charge on any atom is 0.254 e. The van der Waals surface area contributed by atoms with Crippen molar-refractivity contribution in [2.75, 3.05) is 12.4 Å². The molecule has 0 spiro atoms. The van der Waals surface area contributed by atoms with E-state index in [1.165, 1.54) is 11.8 Å². The summed E-state index contributed by atoms with van der Waals surface area (Å²) in [6.07, 6.45) is 5.24. The Labute approximate surface area is 201 Å². The lowest BCUT2D eigenvalue weighted by molar-refractivity contribution is -0.123. The van der Waals surface area contributed by atoms with E-state index in [0.29, 0.717) is 46.6 Å². The van der Waals surface area contributed by atoms with Crippen molar-refractivity contribution in [3.8, 4) is 11.8 Å². The number of carbonyl (C=O) groups excluding carboxylic acids is 2. The van der Waals surface area contributed by atoms with Gasteiger partial charge in [-0.1, -0.05) is 29.8 Å². The van der Waals surface area contributed by atoms with Gasteiger partial charge in [0.25, 0.3) is 5.91 Å². The van der Waals surface area contributed by atoms with E-state index in [0.717, 1.165) is 11.3 Å². The quantitative estimate of drug-likeness (QED) is 0.634. The zero-order valence-corrected chi connectivity index (χ0v) is 19.6. The molecule has 9 heteroatoms. The van der Waals surface area contributed by atoms with E-state index >= 15 is 0 Å². The molecule has 2 bridgehead atoms. The van der Waals surface area contributed by atoms with Gasteiger partial charge in [-0.2, -0.15) is 5.26 Å². The minimum atomic E-state index is -0.891. The highest BCUT2D eigenvalue weighted by Gasteiger charge is 2.45. The van der Waals surface area contributed by atoms with Crippen LogP contribution in [0.15, 0.2) is 47.5 Å². The summed E-state index contributed by atoms with van der Waals surface area (Å²) in [5, 5.41) is 16.0. The molecule has 33 heavy (non-hydrogen) atoms. The number of rotatable bonds is 2. The highest BCUT2D eigenvalue weighted by Crippen LogP contribution is 2.34. The molecule has 2 aliphatic heterocycles. The van der Waals surface area contributed by atoms with E-state index in [2.05, 4.69) is 21.7 Å². The van der Waals surface area contributed by atoms with Crippen LogP contribution in [0, 0.1) is 18.3 Å². The molecule has 1 fully saturated rings. The molecule has 0 unspecified atom stereocenters. The third-order valence-corrected chi connectivity index (χ3v) is 6.69. The van der Waals surface area contributed by atoms with Crippen LogP contribution in [0.1, 0.15) is 34.5 Å². The number of hydrogen-bond donors (Lipinski definition) is 2. The number of aromatic nitrogens is 1. The monoisotopic (exact) mass is 482 g/mol. The molecule has 1 aliphatic carbocycles. The van der Waals surface area contributed by atoms with Crippen LogP contribution in [0.25, 0.3) is 0 Å². The van der Waals surface area contributed by atoms with E-state index in [1.807, 2.05) is 25.1 Å². The molecule has 7 nitrogen and oxygen atoms in total. The molecule has 2 N–H and O–H groups in total. The number of benzene rings is 1. The van der Waals surface area contributed by atoms with Crippen LogP contribution in [0.3, 0.4) is 0 Å². The van der Waals surface area contributed by atoms with E-state index in [1.54, 1.807) is 24.3 Å². The van der Waals surface area contributed by atoms with E-state index in [-0.39, 0.29) is 6.42 Å². The standard InChI is InChI=1S/C24H23ClN4O3S/c1-15-4-6-17-21(30)28-19(22(31)29-24(14-26)8-9-24)13-16-5-7-20(18(25)12-16)32-10-2-3-11-33-23(17)27-15/h2-7,12,19H,8-11,13H2,1H3,(H,28,30)(H,29,31)/b3-2-/t19-/m0/s1. The molecule has 5 rings (SSSR count). The second-order valence-corrected chi connectivity index (χ2v) is 9.49. The van der Waals surface area contributed by atoms with Crippen molar-refractivity contribution >= 4 is 35.2 Å². The van der Waals surface area contributed by atoms with Crippen molar-refractivity contribution in [1.29, 1.82) is 5.26 Å². The van der Waals surface area contributed by atoms with Crippen LogP contribution in [0.4, 0.5) is 0 Å². The van der Waals surface area contributed by atoms with E-state index in [9.17, 15) is 14.9 Å². The van der Waals surface area contributed by atoms with Gasteiger partial charge in [0.2, 0.25) is 5.91 Å². The minimum absolute atomic E-state index is 0.209. The molecule has 3 aliphatic rings. The van der Waals surface area contributed by atoms with Gasteiger partial charge in [0.05, 0.1) is 16.7 Å². The van der Waals surface area contributed by atoms with Crippen LogP contribution in [-0.2, 0) is 11.2 Å². The van der Waals surface area contributed by atoms with Crippen molar-refractivity contribution < 1.29 is 14.3 Å². The van der Waals surface area contributed by atoms with Crippen molar-refractivity contribution in [3.63, 3.8) is 0 Å². The summed E-state index contributed by atoms with van der Waals surface area (Å²) in [5.74, 6) is 0.339. The lowest BCUT2D eigenvalue weighted by Crippen LogP contribution is -2.51. The van der Waals surface area contributed by atoms with Gasteiger partial charge in [-0.15, -0.1) is 11.8 Å². The van der Waals surface area contributed by atoms with Crippen LogP contribution in [-0.4, -0.2) is 40.7 Å². The van der Waals surface area contributed by atoms with E-state index < -0.39 is 23.4 Å². The lowest BCUT2D eigenvalue weighted by Gasteiger charge is -2.21. The first-order chi connectivity index (χ1) is 15.9. The van der Waals surface area contributed by atoms with E-state index in [4.69, 9.17) is 16.3 Å². The molecule has 0 radical (unpaired) electrons. The number of carbonyl (C=O) groups is 2. The SMILES string of the molecule is Cc1ccc2c(n1)SC/C=C\COc1ccc(cc1Cl)C[C@@H](C(=O)NC1(C#N)CC1)NC2=O. The molecule has 1 atom stereocenters. The Morgan fingerprint density at radius 1 is 1.33 bits per heavy atom. The van der Waals surface area contributed by atoms with Crippen molar-refractivity contribution in [2.45, 2.75) is 42.8 Å². The Morgan fingerprint density at radius 2 is 2.15 bits per heavy atom. The highest BCUT2D eigenvalue weighted by molar-refractivity contribution is 7.99. The van der Waals surface area contributed by atoms with Crippen LogP contribution >= 0.6 is 23.4 Å². The smallest absolute Gasteiger partial charge is 0.254 e. The first-order valence-electron chi connectivity index (χ1n) is 10.6. The molecule has 1 aromatic carbocycles. The molecular formula is C24H23ClN4O3S. The molecule has 1 saturated carbocycles. The fraction of sp³-hybridized carbons (Fsp3) is 0.333. The number of halogens is 1. The topological polar surface area (TPSA) is 104 Å². The fourth-order valence-electron chi connectivity index (χ4n) is 3.40. The number of amides is 2. The molecule has 0 saturated heterocycles. The summed E-state index contributed by atoms with van der Waals surface area (Å²) in [5.41, 5.74) is 1.11. The van der Waals surface area contributed by atoms with Crippen molar-refractivity contribution in [1.82, 2.24) is 15.6 Å². The first-order valence-corrected chi connectivity index (χ1v) is 12.0. The summed E-state index contributed by atoms with van der Waals surface area (Å²) >= 11 is 7.81. The number of pyridine rings is 1. The Bertz CT molecular complexity index is 1160. The molecule has 2 aromatic rings. The van der Waals surface area contributed by atoms with Gasteiger partial charge in [-0.3, -0.25) is 9.59 Å². The average Bonchev–Trinajstić information content (AvgIpc) is 3.56. The average molecular weight is 483 g/mol.